The van der Waals surface area contributed by atoms with E-state index in [1.54, 1.807) is 0 Å². The van der Waals surface area contributed by atoms with Crippen molar-refractivity contribution in [3.05, 3.63) is 11.6 Å². The van der Waals surface area contributed by atoms with E-state index >= 15 is 0 Å². The molecule has 3 aromatic rings. The maximum atomic E-state index is 12.8. The van der Waals surface area contributed by atoms with Gasteiger partial charge in [-0.15, -0.1) is 0 Å². The number of thiazole rings is 2. The van der Waals surface area contributed by atoms with Crippen molar-refractivity contribution in [2.45, 2.75) is 38.6 Å². The Kier molecular flexibility index (Phi) is 7.09. The number of hydrogen-bond donors (Lipinski definition) is 2. The fraction of sp³-hybridized carbons (Fsp3) is 0.542. The number of aromatic nitrogens is 2. The number of fused-ring (bicyclic) bond motifs is 2. The number of carbonyl (C=O) groups is 3. The van der Waals surface area contributed by atoms with Gasteiger partial charge in [-0.2, -0.15) is 0 Å². The number of benzene rings is 1. The summed E-state index contributed by atoms with van der Waals surface area (Å²) in [7, 11) is 3.06. The second-order valence-corrected chi connectivity index (χ2v) is 11.7. The predicted molar refractivity (Wildman–Crippen MR) is 144 cm³/mol. The lowest BCUT2D eigenvalue weighted by Gasteiger charge is -2.38. The first-order valence-corrected chi connectivity index (χ1v) is 13.9. The Morgan fingerprint density at radius 1 is 1.00 bits per heavy atom. The number of rotatable bonds is 5. The molecule has 3 heterocycles. The quantitative estimate of drug-likeness (QED) is 0.489. The molecule has 10 nitrogen and oxygen atoms in total. The van der Waals surface area contributed by atoms with E-state index in [1.165, 1.54) is 67.4 Å². The molecule has 2 aliphatic rings. The summed E-state index contributed by atoms with van der Waals surface area (Å²) in [4.78, 5) is 51.7. The summed E-state index contributed by atoms with van der Waals surface area (Å²) in [5.41, 5.74) is 2.46. The second-order valence-electron chi connectivity index (χ2n) is 9.60. The highest BCUT2D eigenvalue weighted by Gasteiger charge is 2.28. The van der Waals surface area contributed by atoms with E-state index in [9.17, 15) is 14.4 Å². The summed E-state index contributed by atoms with van der Waals surface area (Å²) in [6.07, 6.45) is 5.26. The Balaban J connectivity index is 1.21. The average molecular weight is 530 g/mol. The third-order valence-corrected chi connectivity index (χ3v) is 8.88. The molecule has 0 radical (unpaired) electrons. The van der Waals surface area contributed by atoms with Gasteiger partial charge in [-0.05, 0) is 25.8 Å². The number of likely N-dealkylation sites (N-methyl/N-ethyl adjacent to an activating group) is 1. The number of hydrogen-bond acceptors (Lipinski definition) is 9. The fourth-order valence-electron chi connectivity index (χ4n) is 4.98. The van der Waals surface area contributed by atoms with Gasteiger partial charge in [0.1, 0.15) is 0 Å². The number of nitrogens with one attached hydrogen (secondary N) is 2. The van der Waals surface area contributed by atoms with E-state index < -0.39 is 11.8 Å². The van der Waals surface area contributed by atoms with Gasteiger partial charge in [-0.25, -0.2) is 9.97 Å². The maximum Gasteiger partial charge on any atom is 0.315 e. The highest BCUT2D eigenvalue weighted by molar-refractivity contribution is 7.24. The number of carbonyl (C=O) groups excluding carboxylic acids is 3. The van der Waals surface area contributed by atoms with Crippen molar-refractivity contribution < 1.29 is 14.4 Å². The maximum absolute atomic E-state index is 12.8. The molecule has 3 amide bonds. The molecular weight excluding hydrogens is 498 g/mol. The summed E-state index contributed by atoms with van der Waals surface area (Å²) in [6, 6.07) is 2.70. The second kappa shape index (κ2) is 10.3. The first-order chi connectivity index (χ1) is 17.3. The van der Waals surface area contributed by atoms with Crippen molar-refractivity contribution in [3.63, 3.8) is 0 Å². The van der Waals surface area contributed by atoms with Gasteiger partial charge < -0.3 is 15.1 Å². The Bertz CT molecular complexity index is 1300. The minimum atomic E-state index is -0.715. The van der Waals surface area contributed by atoms with Crippen LogP contribution in [-0.4, -0.2) is 95.3 Å². The van der Waals surface area contributed by atoms with E-state index in [2.05, 4.69) is 20.5 Å². The zero-order valence-electron chi connectivity index (χ0n) is 20.8. The molecule has 1 aromatic carbocycles. The zero-order chi connectivity index (χ0) is 25.4. The molecular formula is C24H31N7O3S2. The molecule has 0 bridgehead atoms. The van der Waals surface area contributed by atoms with Gasteiger partial charge in [0.25, 0.3) is 0 Å². The van der Waals surface area contributed by atoms with Gasteiger partial charge in [-0.3, -0.25) is 24.6 Å². The molecule has 36 heavy (non-hydrogen) atoms. The molecule has 2 N–H and O–H groups in total. The van der Waals surface area contributed by atoms with Crippen LogP contribution in [0.2, 0.25) is 0 Å². The lowest BCUT2D eigenvalue weighted by atomic mass is 10.2. The van der Waals surface area contributed by atoms with Crippen LogP contribution in [0.15, 0.2) is 6.07 Å². The molecule has 192 valence electrons. The lowest BCUT2D eigenvalue weighted by Crippen LogP contribution is -2.52. The summed E-state index contributed by atoms with van der Waals surface area (Å²) < 4.78 is 1.88. The molecule has 0 atom stereocenters. The van der Waals surface area contributed by atoms with Crippen LogP contribution in [0.3, 0.4) is 0 Å². The van der Waals surface area contributed by atoms with Crippen LogP contribution in [0.1, 0.15) is 31.2 Å². The molecule has 1 aliphatic heterocycles. The molecule has 12 heteroatoms. The standard InChI is InChI=1S/C24H31N7O3S2/c1-14-19-16(12-17-20(14)27-24(36-17)28-21(33)22(34)29(2)3)35-23(26-19)25-13-18(32)31-10-8-30(9-11-31)15-6-4-5-7-15/h12,15H,4-11,13H2,1-3H3,(H,25,26)(H,27,28,33). The van der Waals surface area contributed by atoms with Crippen LogP contribution in [0.25, 0.3) is 20.4 Å². The molecule has 0 unspecified atom stereocenters. The number of aryl methyl sites for hydroxylation is 1. The molecule has 1 aliphatic carbocycles. The van der Waals surface area contributed by atoms with E-state index in [4.69, 9.17) is 4.98 Å². The first kappa shape index (κ1) is 24.8. The van der Waals surface area contributed by atoms with Crippen molar-refractivity contribution in [1.82, 2.24) is 24.7 Å². The van der Waals surface area contributed by atoms with E-state index in [-0.39, 0.29) is 12.5 Å². The van der Waals surface area contributed by atoms with Crippen molar-refractivity contribution >= 4 is 71.1 Å². The molecule has 2 fully saturated rings. The highest BCUT2D eigenvalue weighted by atomic mass is 32.1. The molecule has 1 saturated carbocycles. The Labute approximate surface area is 217 Å². The van der Waals surface area contributed by atoms with E-state index in [0.717, 1.165) is 52.2 Å². The summed E-state index contributed by atoms with van der Waals surface area (Å²) in [6.45, 7) is 5.68. The topological polar surface area (TPSA) is 111 Å². The van der Waals surface area contributed by atoms with Crippen LogP contribution in [0.4, 0.5) is 10.3 Å². The number of amides is 3. The van der Waals surface area contributed by atoms with Crippen LogP contribution in [0.5, 0.6) is 0 Å². The van der Waals surface area contributed by atoms with Crippen LogP contribution < -0.4 is 10.6 Å². The van der Waals surface area contributed by atoms with Crippen molar-refractivity contribution in [1.29, 1.82) is 0 Å². The molecule has 0 spiro atoms. The zero-order valence-corrected chi connectivity index (χ0v) is 22.4. The van der Waals surface area contributed by atoms with Gasteiger partial charge in [0.15, 0.2) is 10.3 Å². The highest BCUT2D eigenvalue weighted by Crippen LogP contribution is 2.37. The Morgan fingerprint density at radius 2 is 1.61 bits per heavy atom. The monoisotopic (exact) mass is 529 g/mol. The summed E-state index contributed by atoms with van der Waals surface area (Å²) in [5.74, 6) is -1.24. The summed E-state index contributed by atoms with van der Waals surface area (Å²) in [5, 5.41) is 6.88. The number of nitrogens with zero attached hydrogens (tertiary/aromatic N) is 5. The van der Waals surface area contributed by atoms with E-state index in [0.29, 0.717) is 16.3 Å². The minimum Gasteiger partial charge on any atom is -0.352 e. The van der Waals surface area contributed by atoms with E-state index in [1.807, 2.05) is 17.9 Å². The molecule has 2 aromatic heterocycles. The van der Waals surface area contributed by atoms with Gasteiger partial charge in [0.05, 0.1) is 27.0 Å². The third-order valence-electron chi connectivity index (χ3n) is 7.00. The predicted octanol–water partition coefficient (Wildman–Crippen LogP) is 2.74. The summed E-state index contributed by atoms with van der Waals surface area (Å²) >= 11 is 2.81. The van der Waals surface area contributed by atoms with Gasteiger partial charge in [0, 0.05) is 51.9 Å². The van der Waals surface area contributed by atoms with Gasteiger partial charge in [0.2, 0.25) is 5.91 Å². The first-order valence-electron chi connectivity index (χ1n) is 12.3. The number of anilines is 2. The Morgan fingerprint density at radius 3 is 2.25 bits per heavy atom. The van der Waals surface area contributed by atoms with Gasteiger partial charge in [-0.1, -0.05) is 35.5 Å². The van der Waals surface area contributed by atoms with Crippen LogP contribution >= 0.6 is 22.7 Å². The Hall–Kier alpha value is -2.83. The normalized spacial score (nSPS) is 17.1. The average Bonchev–Trinajstić information content (AvgIpc) is 3.62. The van der Waals surface area contributed by atoms with Gasteiger partial charge >= 0.3 is 11.8 Å². The van der Waals surface area contributed by atoms with Crippen molar-refractivity contribution in [3.8, 4) is 0 Å². The van der Waals surface area contributed by atoms with Crippen molar-refractivity contribution in [2.24, 2.45) is 0 Å². The third kappa shape index (κ3) is 5.02. The largest absolute Gasteiger partial charge is 0.352 e. The minimum absolute atomic E-state index is 0.104. The van der Waals surface area contributed by atoms with Crippen LogP contribution in [-0.2, 0) is 14.4 Å². The SMILES string of the molecule is Cc1c2nc(NCC(=O)N3CCN(C4CCCC4)CC3)sc2cc2sc(NC(=O)C(=O)N(C)C)nc12. The fourth-order valence-corrected chi connectivity index (χ4v) is 6.98. The molecule has 1 saturated heterocycles. The number of piperazine rings is 1. The molecule has 5 rings (SSSR count). The van der Waals surface area contributed by atoms with Crippen molar-refractivity contribution in [2.75, 3.05) is 57.5 Å². The lowest BCUT2D eigenvalue weighted by molar-refractivity contribution is -0.141. The van der Waals surface area contributed by atoms with Crippen LogP contribution in [0, 0.1) is 6.92 Å². The smallest absolute Gasteiger partial charge is 0.315 e.